The molecule has 3 rings (SSSR count). The Hall–Kier alpha value is -2.71. The molecule has 7 nitrogen and oxygen atoms in total. The van der Waals surface area contributed by atoms with Gasteiger partial charge in [-0.3, -0.25) is 0 Å². The van der Waals surface area contributed by atoms with Gasteiger partial charge in [0.25, 0.3) is 0 Å². The zero-order valence-corrected chi connectivity index (χ0v) is 18.3. The summed E-state index contributed by atoms with van der Waals surface area (Å²) in [5.41, 5.74) is 1.60. The lowest BCUT2D eigenvalue weighted by Gasteiger charge is -2.13. The smallest absolute Gasteiger partial charge is 0.387 e. The first-order chi connectivity index (χ1) is 15.1. The molecule has 170 valence electrons. The number of nitrogens with zero attached hydrogens (tertiary/aromatic N) is 4. The lowest BCUT2D eigenvalue weighted by molar-refractivity contribution is -0.0504. The van der Waals surface area contributed by atoms with Crippen molar-refractivity contribution in [2.75, 3.05) is 13.1 Å². The molecule has 9 heteroatoms. The van der Waals surface area contributed by atoms with Crippen molar-refractivity contribution in [3.05, 3.63) is 41.0 Å². The zero-order valence-electron chi connectivity index (χ0n) is 18.3. The van der Waals surface area contributed by atoms with Gasteiger partial charge >= 0.3 is 6.61 Å². The standard InChI is InChI=1S/C22H32F2N6O/c1-3-25-22(27-15-17-14-16(2)10-11-18(17)31-21(23)24)26-12-7-9-20-29-28-19-8-5-4-6-13-30(19)20/h10-11,14,21H,3-9,12-13,15H2,1-2H3,(H2,25,26,27). The van der Waals surface area contributed by atoms with Crippen molar-refractivity contribution in [3.8, 4) is 5.75 Å². The summed E-state index contributed by atoms with van der Waals surface area (Å²) in [6, 6.07) is 5.13. The van der Waals surface area contributed by atoms with E-state index in [4.69, 9.17) is 0 Å². The van der Waals surface area contributed by atoms with Gasteiger partial charge in [0.2, 0.25) is 0 Å². The van der Waals surface area contributed by atoms with Crippen molar-refractivity contribution in [1.82, 2.24) is 25.4 Å². The van der Waals surface area contributed by atoms with Crippen LogP contribution in [0.25, 0.3) is 0 Å². The summed E-state index contributed by atoms with van der Waals surface area (Å²) in [5.74, 6) is 2.96. The molecule has 0 spiro atoms. The first kappa shape index (κ1) is 23.0. The molecule has 0 saturated heterocycles. The van der Waals surface area contributed by atoms with Crippen LogP contribution in [-0.2, 0) is 25.9 Å². The van der Waals surface area contributed by atoms with E-state index in [9.17, 15) is 8.78 Å². The molecule has 0 radical (unpaired) electrons. The fraction of sp³-hybridized carbons (Fsp3) is 0.591. The van der Waals surface area contributed by atoms with Gasteiger partial charge in [-0.1, -0.05) is 24.1 Å². The molecule has 0 atom stereocenters. The molecular weight excluding hydrogens is 402 g/mol. The summed E-state index contributed by atoms with van der Waals surface area (Å²) >= 11 is 0. The number of hydrogen-bond acceptors (Lipinski definition) is 4. The Morgan fingerprint density at radius 2 is 2.10 bits per heavy atom. The van der Waals surface area contributed by atoms with Gasteiger partial charge in [-0.25, -0.2) is 4.99 Å². The Labute approximate surface area is 182 Å². The minimum absolute atomic E-state index is 0.160. The fourth-order valence-electron chi connectivity index (χ4n) is 3.73. The van der Waals surface area contributed by atoms with Crippen molar-refractivity contribution >= 4 is 5.96 Å². The van der Waals surface area contributed by atoms with Crippen LogP contribution in [0.4, 0.5) is 8.78 Å². The average molecular weight is 435 g/mol. The summed E-state index contributed by atoms with van der Waals surface area (Å²) in [6.45, 7) is 3.73. The van der Waals surface area contributed by atoms with Gasteiger partial charge in [-0.15, -0.1) is 10.2 Å². The minimum Gasteiger partial charge on any atom is -0.434 e. The number of hydrogen-bond donors (Lipinski definition) is 2. The third-order valence-corrected chi connectivity index (χ3v) is 5.24. The van der Waals surface area contributed by atoms with Crippen molar-refractivity contribution in [1.29, 1.82) is 0 Å². The highest BCUT2D eigenvalue weighted by atomic mass is 19.3. The molecule has 0 saturated carbocycles. The van der Waals surface area contributed by atoms with E-state index in [0.29, 0.717) is 18.1 Å². The molecule has 1 aromatic heterocycles. The second-order valence-corrected chi connectivity index (χ2v) is 7.71. The average Bonchev–Trinajstić information content (AvgIpc) is 2.96. The topological polar surface area (TPSA) is 76.4 Å². The van der Waals surface area contributed by atoms with E-state index in [1.54, 1.807) is 12.1 Å². The van der Waals surface area contributed by atoms with Crippen LogP contribution < -0.4 is 15.4 Å². The van der Waals surface area contributed by atoms with Gasteiger partial charge in [0.1, 0.15) is 17.4 Å². The lowest BCUT2D eigenvalue weighted by atomic mass is 10.1. The number of ether oxygens (including phenoxy) is 1. The summed E-state index contributed by atoms with van der Waals surface area (Å²) in [7, 11) is 0. The largest absolute Gasteiger partial charge is 0.434 e. The van der Waals surface area contributed by atoms with Crippen molar-refractivity contribution in [2.24, 2.45) is 4.99 Å². The van der Waals surface area contributed by atoms with Gasteiger partial charge in [-0.2, -0.15) is 8.78 Å². The molecule has 1 aromatic carbocycles. The maximum atomic E-state index is 12.7. The predicted molar refractivity (Wildman–Crippen MR) is 117 cm³/mol. The van der Waals surface area contributed by atoms with Gasteiger partial charge in [0.15, 0.2) is 5.96 Å². The molecular formula is C22H32F2N6O. The van der Waals surface area contributed by atoms with Crippen molar-refractivity contribution in [3.63, 3.8) is 0 Å². The van der Waals surface area contributed by atoms with Gasteiger partial charge in [0.05, 0.1) is 6.54 Å². The number of rotatable bonds is 9. The Kier molecular flexibility index (Phi) is 8.61. The summed E-state index contributed by atoms with van der Waals surface area (Å²) in [5, 5.41) is 15.2. The first-order valence-electron chi connectivity index (χ1n) is 11.0. The summed E-state index contributed by atoms with van der Waals surface area (Å²) in [6.07, 6.45) is 6.38. The van der Waals surface area contributed by atoms with Crippen LogP contribution in [0.1, 0.15) is 55.4 Å². The van der Waals surface area contributed by atoms with E-state index in [2.05, 4.69) is 35.1 Å². The molecule has 31 heavy (non-hydrogen) atoms. The van der Waals surface area contributed by atoms with Gasteiger partial charge in [-0.05, 0) is 39.2 Å². The summed E-state index contributed by atoms with van der Waals surface area (Å²) in [4.78, 5) is 4.55. The fourth-order valence-corrected chi connectivity index (χ4v) is 3.73. The number of aryl methyl sites for hydroxylation is 3. The number of fused-ring (bicyclic) bond motifs is 1. The quantitative estimate of drug-likeness (QED) is 0.358. The van der Waals surface area contributed by atoms with Crippen LogP contribution in [0.2, 0.25) is 0 Å². The second kappa shape index (κ2) is 11.6. The van der Waals surface area contributed by atoms with E-state index in [0.717, 1.165) is 49.6 Å². The predicted octanol–water partition coefficient (Wildman–Crippen LogP) is 3.60. The van der Waals surface area contributed by atoms with Crippen LogP contribution in [0.3, 0.4) is 0 Å². The Morgan fingerprint density at radius 3 is 2.90 bits per heavy atom. The molecule has 0 fully saturated rings. The highest BCUT2D eigenvalue weighted by Crippen LogP contribution is 2.23. The number of guanidine groups is 1. The normalized spacial score (nSPS) is 14.3. The number of halogens is 2. The Morgan fingerprint density at radius 1 is 1.23 bits per heavy atom. The van der Waals surface area contributed by atoms with Crippen molar-refractivity contribution in [2.45, 2.75) is 72.1 Å². The Balaban J connectivity index is 1.55. The number of nitrogens with one attached hydrogen (secondary N) is 2. The van der Waals surface area contributed by atoms with Crippen LogP contribution >= 0.6 is 0 Å². The van der Waals surface area contributed by atoms with E-state index >= 15 is 0 Å². The van der Waals surface area contributed by atoms with Crippen LogP contribution in [0.15, 0.2) is 23.2 Å². The third-order valence-electron chi connectivity index (χ3n) is 5.24. The maximum Gasteiger partial charge on any atom is 0.387 e. The number of benzene rings is 1. The second-order valence-electron chi connectivity index (χ2n) is 7.71. The Bertz CT molecular complexity index is 868. The molecule has 1 aliphatic rings. The minimum atomic E-state index is -2.86. The van der Waals surface area contributed by atoms with Crippen LogP contribution in [0, 0.1) is 6.92 Å². The number of aliphatic imine (C=N–C) groups is 1. The van der Waals surface area contributed by atoms with Gasteiger partial charge < -0.3 is 19.9 Å². The summed E-state index contributed by atoms with van der Waals surface area (Å²) < 4.78 is 32.3. The number of aromatic nitrogens is 3. The molecule has 2 aromatic rings. The van der Waals surface area contributed by atoms with E-state index < -0.39 is 6.61 Å². The van der Waals surface area contributed by atoms with E-state index in [-0.39, 0.29) is 12.3 Å². The monoisotopic (exact) mass is 434 g/mol. The highest BCUT2D eigenvalue weighted by molar-refractivity contribution is 5.79. The highest BCUT2D eigenvalue weighted by Gasteiger charge is 2.14. The van der Waals surface area contributed by atoms with E-state index in [1.807, 2.05) is 19.9 Å². The van der Waals surface area contributed by atoms with Crippen LogP contribution in [0.5, 0.6) is 5.75 Å². The van der Waals surface area contributed by atoms with E-state index in [1.165, 1.54) is 19.3 Å². The third kappa shape index (κ3) is 6.90. The number of alkyl halides is 2. The molecule has 1 aliphatic heterocycles. The van der Waals surface area contributed by atoms with Gasteiger partial charge in [0, 0.05) is 38.0 Å². The SMILES string of the molecule is CCNC(=NCc1cc(C)ccc1OC(F)F)NCCCc1nnc2n1CCCCC2. The molecule has 0 unspecified atom stereocenters. The van der Waals surface area contributed by atoms with Crippen LogP contribution in [-0.4, -0.2) is 40.4 Å². The maximum absolute atomic E-state index is 12.7. The molecule has 0 aliphatic carbocycles. The zero-order chi connectivity index (χ0) is 22.1. The first-order valence-corrected chi connectivity index (χ1v) is 11.0. The molecule has 0 amide bonds. The molecule has 2 N–H and O–H groups in total. The molecule has 2 heterocycles. The lowest BCUT2D eigenvalue weighted by Crippen LogP contribution is -2.38. The molecule has 0 bridgehead atoms. The van der Waals surface area contributed by atoms with Crippen molar-refractivity contribution < 1.29 is 13.5 Å².